The van der Waals surface area contributed by atoms with Gasteiger partial charge in [-0.2, -0.15) is 4.68 Å². The van der Waals surface area contributed by atoms with Gasteiger partial charge in [0.1, 0.15) is 0 Å². The Morgan fingerprint density at radius 3 is 2.68 bits per heavy atom. The average Bonchev–Trinajstić information content (AvgIpc) is 3.07. The molecular formula is C18H19N3O3S. The predicted molar refractivity (Wildman–Crippen MR) is 97.7 cm³/mol. The molecule has 3 rings (SSSR count). The first-order valence-corrected chi connectivity index (χ1v) is 8.97. The highest BCUT2D eigenvalue weighted by atomic mass is 32.1. The molecule has 25 heavy (non-hydrogen) atoms. The van der Waals surface area contributed by atoms with Crippen LogP contribution in [0.25, 0.3) is 20.7 Å². The van der Waals surface area contributed by atoms with Crippen LogP contribution in [-0.2, 0) is 9.53 Å². The Morgan fingerprint density at radius 2 is 2.00 bits per heavy atom. The number of fused-ring (bicyclic) bond motifs is 1. The van der Waals surface area contributed by atoms with Gasteiger partial charge in [-0.15, -0.1) is 16.4 Å². The number of esters is 1. The summed E-state index contributed by atoms with van der Waals surface area (Å²) < 4.78 is 6.39. The third-order valence-electron chi connectivity index (χ3n) is 4.04. The van der Waals surface area contributed by atoms with Crippen molar-refractivity contribution in [3.05, 3.63) is 46.8 Å². The van der Waals surface area contributed by atoms with Crippen LogP contribution in [0.15, 0.2) is 41.2 Å². The van der Waals surface area contributed by atoms with E-state index in [1.165, 1.54) is 11.3 Å². The maximum absolute atomic E-state index is 12.7. The number of carbonyl (C=O) groups excluding carboxylic acids is 1. The van der Waals surface area contributed by atoms with Crippen molar-refractivity contribution in [1.82, 2.24) is 15.0 Å². The molecule has 7 heteroatoms. The van der Waals surface area contributed by atoms with Crippen LogP contribution in [0.4, 0.5) is 0 Å². The average molecular weight is 357 g/mol. The van der Waals surface area contributed by atoms with Crippen molar-refractivity contribution >= 4 is 27.5 Å². The van der Waals surface area contributed by atoms with Crippen LogP contribution in [0.3, 0.4) is 0 Å². The van der Waals surface area contributed by atoms with Crippen LogP contribution < -0.4 is 5.56 Å². The molecule has 0 bridgehead atoms. The van der Waals surface area contributed by atoms with Gasteiger partial charge in [0, 0.05) is 4.88 Å². The summed E-state index contributed by atoms with van der Waals surface area (Å²) in [5.41, 5.74) is 0.678. The first-order valence-electron chi connectivity index (χ1n) is 8.16. The minimum atomic E-state index is -0.821. The Bertz CT molecular complexity index is 949. The lowest BCUT2D eigenvalue weighted by molar-refractivity contribution is -0.152. The molecule has 0 saturated heterocycles. The summed E-state index contributed by atoms with van der Waals surface area (Å²) in [4.78, 5) is 26.4. The van der Waals surface area contributed by atoms with Gasteiger partial charge in [0.15, 0.2) is 10.9 Å². The molecule has 0 spiro atoms. The lowest BCUT2D eigenvalue weighted by Gasteiger charge is -2.15. The van der Waals surface area contributed by atoms with Crippen molar-refractivity contribution in [2.45, 2.75) is 39.3 Å². The van der Waals surface area contributed by atoms with E-state index >= 15 is 0 Å². The zero-order valence-electron chi connectivity index (χ0n) is 14.3. The van der Waals surface area contributed by atoms with Crippen molar-refractivity contribution in [1.29, 1.82) is 0 Å². The summed E-state index contributed by atoms with van der Waals surface area (Å²) in [5.74, 6) is -0.483. The first kappa shape index (κ1) is 17.3. The Labute approximate surface area is 149 Å². The van der Waals surface area contributed by atoms with Crippen molar-refractivity contribution in [2.24, 2.45) is 0 Å². The van der Waals surface area contributed by atoms with Crippen LogP contribution in [-0.4, -0.2) is 27.1 Å². The van der Waals surface area contributed by atoms with Gasteiger partial charge in [-0.05, 0) is 31.9 Å². The zero-order chi connectivity index (χ0) is 18.0. The predicted octanol–water partition coefficient (Wildman–Crippen LogP) is 3.42. The summed E-state index contributed by atoms with van der Waals surface area (Å²) in [7, 11) is 0. The highest BCUT2D eigenvalue weighted by Gasteiger charge is 2.23. The Balaban J connectivity index is 1.97. The smallest absolute Gasteiger partial charge is 0.331 e. The molecule has 130 valence electrons. The Kier molecular flexibility index (Phi) is 4.94. The molecule has 2 aromatic heterocycles. The Hall–Kier alpha value is -2.54. The topological polar surface area (TPSA) is 74.1 Å². The van der Waals surface area contributed by atoms with E-state index in [1.807, 2.05) is 44.2 Å². The maximum Gasteiger partial charge on any atom is 0.331 e. The van der Waals surface area contributed by atoms with E-state index < -0.39 is 12.0 Å². The molecule has 0 aliphatic heterocycles. The molecule has 0 aliphatic rings. The lowest BCUT2D eigenvalue weighted by Crippen LogP contribution is -2.33. The van der Waals surface area contributed by atoms with Crippen LogP contribution >= 0.6 is 11.3 Å². The second-order valence-electron chi connectivity index (χ2n) is 5.87. The quantitative estimate of drug-likeness (QED) is 0.654. The molecule has 1 aromatic carbocycles. The molecule has 2 atom stereocenters. The number of thiophene rings is 1. The second kappa shape index (κ2) is 7.14. The third kappa shape index (κ3) is 3.46. The molecular weight excluding hydrogens is 338 g/mol. The number of rotatable bonds is 5. The van der Waals surface area contributed by atoms with Crippen molar-refractivity contribution in [2.75, 3.05) is 0 Å². The molecule has 0 aliphatic carbocycles. The van der Waals surface area contributed by atoms with Gasteiger partial charge in [-0.25, -0.2) is 4.79 Å². The van der Waals surface area contributed by atoms with Crippen LogP contribution in [0.2, 0.25) is 0 Å². The van der Waals surface area contributed by atoms with Crippen LogP contribution in [0, 0.1) is 0 Å². The summed E-state index contributed by atoms with van der Waals surface area (Å²) in [6, 6.07) is 10.8. The van der Waals surface area contributed by atoms with E-state index in [0.717, 1.165) is 15.1 Å². The van der Waals surface area contributed by atoms with E-state index in [4.69, 9.17) is 4.74 Å². The molecule has 0 amide bonds. The number of ether oxygens (including phenoxy) is 1. The van der Waals surface area contributed by atoms with Crippen LogP contribution in [0.1, 0.15) is 33.2 Å². The fourth-order valence-electron chi connectivity index (χ4n) is 2.34. The number of carbonyl (C=O) groups is 1. The van der Waals surface area contributed by atoms with Gasteiger partial charge in [0.05, 0.1) is 11.5 Å². The molecule has 0 N–H and O–H groups in total. The highest BCUT2D eigenvalue weighted by molar-refractivity contribution is 7.21. The van der Waals surface area contributed by atoms with Crippen molar-refractivity contribution < 1.29 is 9.53 Å². The van der Waals surface area contributed by atoms with Gasteiger partial charge >= 0.3 is 5.97 Å². The zero-order valence-corrected chi connectivity index (χ0v) is 15.1. The lowest BCUT2D eigenvalue weighted by atomic mass is 10.2. The number of aromatic nitrogens is 3. The van der Waals surface area contributed by atoms with Gasteiger partial charge in [-0.3, -0.25) is 4.79 Å². The molecule has 0 unspecified atom stereocenters. The number of hydrogen-bond acceptors (Lipinski definition) is 6. The number of hydrogen-bond donors (Lipinski definition) is 0. The van der Waals surface area contributed by atoms with Crippen molar-refractivity contribution in [3.8, 4) is 10.4 Å². The minimum Gasteiger partial charge on any atom is -0.461 e. The SMILES string of the molecule is CC[C@@H](C)OC(=O)[C@@H](C)n1nnc2sc(-c3ccccc3)cc2c1=O. The third-order valence-corrected chi connectivity index (χ3v) is 5.11. The van der Waals surface area contributed by atoms with E-state index in [1.54, 1.807) is 13.0 Å². The minimum absolute atomic E-state index is 0.201. The summed E-state index contributed by atoms with van der Waals surface area (Å²) in [5, 5.41) is 8.51. The van der Waals surface area contributed by atoms with Gasteiger partial charge < -0.3 is 4.74 Å². The van der Waals surface area contributed by atoms with Crippen LogP contribution in [0.5, 0.6) is 0 Å². The number of benzene rings is 1. The highest BCUT2D eigenvalue weighted by Crippen LogP contribution is 2.30. The van der Waals surface area contributed by atoms with E-state index in [0.29, 0.717) is 16.6 Å². The molecule has 6 nitrogen and oxygen atoms in total. The Morgan fingerprint density at radius 1 is 1.28 bits per heavy atom. The first-order chi connectivity index (χ1) is 12.0. The molecule has 0 fully saturated rings. The second-order valence-corrected chi connectivity index (χ2v) is 6.90. The molecule has 0 radical (unpaired) electrons. The summed E-state index contributed by atoms with van der Waals surface area (Å²) in [6.45, 7) is 5.33. The normalized spacial score (nSPS) is 13.6. The molecule has 2 heterocycles. The monoisotopic (exact) mass is 357 g/mol. The van der Waals surface area contributed by atoms with Gasteiger partial charge in [-0.1, -0.05) is 42.5 Å². The summed E-state index contributed by atoms with van der Waals surface area (Å²) >= 11 is 1.40. The largest absolute Gasteiger partial charge is 0.461 e. The number of nitrogens with zero attached hydrogens (tertiary/aromatic N) is 3. The standard InChI is InChI=1S/C18H19N3O3S/c1-4-11(2)24-18(23)12(3)21-17(22)14-10-15(25-16(14)19-20-21)13-8-6-5-7-9-13/h5-12H,4H2,1-3H3/t11-,12-/m1/s1. The molecule has 3 aromatic rings. The van der Waals surface area contributed by atoms with E-state index in [9.17, 15) is 9.59 Å². The fraction of sp³-hybridized carbons (Fsp3) is 0.333. The van der Waals surface area contributed by atoms with Crippen molar-refractivity contribution in [3.63, 3.8) is 0 Å². The van der Waals surface area contributed by atoms with E-state index in [-0.39, 0.29) is 11.7 Å². The molecule has 0 saturated carbocycles. The van der Waals surface area contributed by atoms with Gasteiger partial charge in [0.25, 0.3) is 5.56 Å². The van der Waals surface area contributed by atoms with E-state index in [2.05, 4.69) is 10.3 Å². The maximum atomic E-state index is 12.7. The fourth-order valence-corrected chi connectivity index (χ4v) is 3.31. The summed E-state index contributed by atoms with van der Waals surface area (Å²) in [6.07, 6.45) is 0.511. The van der Waals surface area contributed by atoms with Gasteiger partial charge in [0.2, 0.25) is 0 Å².